The van der Waals surface area contributed by atoms with Crippen LogP contribution in [0.25, 0.3) is 6.08 Å². The number of carboxylic acids is 1. The van der Waals surface area contributed by atoms with Crippen LogP contribution in [0.4, 0.5) is 13.2 Å². The second-order valence-electron chi connectivity index (χ2n) is 5.48. The smallest absolute Gasteiger partial charge is 0.416 e. The number of halogens is 3. The average Bonchev–Trinajstić information content (AvgIpc) is 2.58. The van der Waals surface area contributed by atoms with Gasteiger partial charge in [0.15, 0.2) is 12.4 Å². The minimum atomic E-state index is -4.45. The molecule has 4 nitrogen and oxygen atoms in total. The van der Waals surface area contributed by atoms with Gasteiger partial charge in [-0.3, -0.25) is 4.79 Å². The maximum absolute atomic E-state index is 12.5. The van der Waals surface area contributed by atoms with Crippen LogP contribution in [0.3, 0.4) is 0 Å². The van der Waals surface area contributed by atoms with Crippen LogP contribution >= 0.6 is 0 Å². The molecule has 26 heavy (non-hydrogen) atoms. The van der Waals surface area contributed by atoms with Crippen molar-refractivity contribution in [3.63, 3.8) is 0 Å². The van der Waals surface area contributed by atoms with Gasteiger partial charge in [0.2, 0.25) is 0 Å². The van der Waals surface area contributed by atoms with Gasteiger partial charge in [0.1, 0.15) is 5.75 Å². The van der Waals surface area contributed by atoms with Crippen molar-refractivity contribution >= 4 is 17.8 Å². The molecule has 0 unspecified atom stereocenters. The molecule has 0 saturated carbocycles. The van der Waals surface area contributed by atoms with Gasteiger partial charge in [-0.1, -0.05) is 24.3 Å². The predicted molar refractivity (Wildman–Crippen MR) is 89.1 cm³/mol. The Morgan fingerprint density at radius 1 is 1.12 bits per heavy atom. The van der Waals surface area contributed by atoms with E-state index >= 15 is 0 Å². The number of carbonyl (C=O) groups is 2. The summed E-state index contributed by atoms with van der Waals surface area (Å²) >= 11 is 0. The molecule has 0 amide bonds. The molecule has 2 rings (SSSR count). The lowest BCUT2D eigenvalue weighted by Crippen LogP contribution is -2.10. The number of carboxylic acid groups (broad SMARTS) is 1. The Kier molecular flexibility index (Phi) is 5.82. The van der Waals surface area contributed by atoms with Crippen LogP contribution < -0.4 is 4.74 Å². The number of alkyl halides is 3. The van der Waals surface area contributed by atoms with Crippen molar-refractivity contribution in [2.45, 2.75) is 13.1 Å². The van der Waals surface area contributed by atoms with E-state index in [1.165, 1.54) is 12.2 Å². The summed E-state index contributed by atoms with van der Waals surface area (Å²) in [6.07, 6.45) is -1.66. The van der Waals surface area contributed by atoms with Crippen LogP contribution in [0.1, 0.15) is 27.0 Å². The molecule has 0 fully saturated rings. The maximum atomic E-state index is 12.5. The van der Waals surface area contributed by atoms with E-state index in [1.54, 1.807) is 25.1 Å². The van der Waals surface area contributed by atoms with E-state index in [4.69, 9.17) is 9.84 Å². The molecular weight excluding hydrogens is 349 g/mol. The van der Waals surface area contributed by atoms with Crippen molar-refractivity contribution in [1.82, 2.24) is 0 Å². The van der Waals surface area contributed by atoms with Crippen LogP contribution in [0, 0.1) is 6.92 Å². The molecule has 0 heterocycles. The van der Waals surface area contributed by atoms with E-state index in [0.29, 0.717) is 16.9 Å². The zero-order valence-corrected chi connectivity index (χ0v) is 13.7. The molecule has 0 aliphatic rings. The van der Waals surface area contributed by atoms with Gasteiger partial charge in [-0.2, -0.15) is 13.2 Å². The molecule has 2 aromatic carbocycles. The quantitative estimate of drug-likeness (QED) is 0.611. The van der Waals surface area contributed by atoms with E-state index in [1.807, 2.05) is 0 Å². The fourth-order valence-electron chi connectivity index (χ4n) is 2.17. The predicted octanol–water partition coefficient (Wildman–Crippen LogP) is 4.37. The van der Waals surface area contributed by atoms with Gasteiger partial charge in [0.25, 0.3) is 0 Å². The van der Waals surface area contributed by atoms with E-state index in [0.717, 1.165) is 24.3 Å². The number of ketones is 1. The van der Waals surface area contributed by atoms with E-state index in [9.17, 15) is 22.8 Å². The van der Waals surface area contributed by atoms with Gasteiger partial charge in [-0.15, -0.1) is 0 Å². The number of benzene rings is 2. The summed E-state index contributed by atoms with van der Waals surface area (Å²) in [7, 11) is 0. The molecule has 0 radical (unpaired) electrons. The van der Waals surface area contributed by atoms with Crippen LogP contribution in [-0.4, -0.2) is 23.5 Å². The zero-order chi connectivity index (χ0) is 19.3. The Morgan fingerprint density at radius 3 is 2.31 bits per heavy atom. The largest absolute Gasteiger partial charge is 0.482 e. The highest BCUT2D eigenvalue weighted by atomic mass is 19.4. The summed E-state index contributed by atoms with van der Waals surface area (Å²) in [5.41, 5.74) is 0.693. The highest BCUT2D eigenvalue weighted by Gasteiger charge is 2.30. The molecule has 136 valence electrons. The number of carbonyl (C=O) groups excluding carboxylic acids is 1. The number of hydrogen-bond donors (Lipinski definition) is 1. The van der Waals surface area contributed by atoms with Gasteiger partial charge in [-0.05, 0) is 48.4 Å². The Hall–Kier alpha value is -3.09. The van der Waals surface area contributed by atoms with Crippen LogP contribution in [0.15, 0.2) is 48.5 Å². The Bertz CT molecular complexity index is 837. The standard InChI is InChI=1S/C19H15F3O4/c1-12-10-13(3-9-17(12)26-11-18(24)25)2-8-16(23)14-4-6-15(7-5-14)19(20,21)22/h2-10H,11H2,1H3,(H,24,25)/b8-2+. The van der Waals surface area contributed by atoms with Crippen LogP contribution in [0.2, 0.25) is 0 Å². The molecule has 0 saturated heterocycles. The van der Waals surface area contributed by atoms with Crippen LogP contribution in [-0.2, 0) is 11.0 Å². The summed E-state index contributed by atoms with van der Waals surface area (Å²) in [5, 5.41) is 8.60. The second-order valence-corrected chi connectivity index (χ2v) is 5.48. The highest BCUT2D eigenvalue weighted by Crippen LogP contribution is 2.29. The molecule has 0 bridgehead atoms. The first kappa shape index (κ1) is 19.2. The number of aliphatic carboxylic acids is 1. The van der Waals surface area contributed by atoms with Gasteiger partial charge in [0.05, 0.1) is 5.56 Å². The molecule has 0 aromatic heterocycles. The van der Waals surface area contributed by atoms with Gasteiger partial charge >= 0.3 is 12.1 Å². The maximum Gasteiger partial charge on any atom is 0.416 e. The van der Waals surface area contributed by atoms with E-state index < -0.39 is 30.1 Å². The van der Waals surface area contributed by atoms with Crippen molar-refractivity contribution in [3.8, 4) is 5.75 Å². The first-order valence-corrected chi connectivity index (χ1v) is 7.52. The van der Waals surface area contributed by atoms with Crippen molar-refractivity contribution in [3.05, 3.63) is 70.8 Å². The molecule has 0 aliphatic heterocycles. The summed E-state index contributed by atoms with van der Waals surface area (Å²) in [6, 6.07) is 8.90. The van der Waals surface area contributed by atoms with Crippen LogP contribution in [0.5, 0.6) is 5.75 Å². The van der Waals surface area contributed by atoms with Crippen molar-refractivity contribution < 1.29 is 32.6 Å². The number of allylic oxidation sites excluding steroid dienone is 1. The summed E-state index contributed by atoms with van der Waals surface area (Å²) in [4.78, 5) is 22.6. The minimum absolute atomic E-state index is 0.146. The number of hydrogen-bond acceptors (Lipinski definition) is 3. The van der Waals surface area contributed by atoms with Crippen molar-refractivity contribution in [2.75, 3.05) is 6.61 Å². The summed E-state index contributed by atoms with van der Waals surface area (Å²) in [6.45, 7) is 1.27. The molecule has 7 heteroatoms. The normalized spacial score (nSPS) is 11.5. The average molecular weight is 364 g/mol. The molecule has 1 N–H and O–H groups in total. The highest BCUT2D eigenvalue weighted by molar-refractivity contribution is 6.06. The monoisotopic (exact) mass is 364 g/mol. The summed E-state index contributed by atoms with van der Waals surface area (Å²) in [5.74, 6) is -1.10. The molecule has 2 aromatic rings. The Labute approximate surface area is 147 Å². The van der Waals surface area contributed by atoms with Gasteiger partial charge in [0, 0.05) is 5.56 Å². The van der Waals surface area contributed by atoms with Gasteiger partial charge < -0.3 is 9.84 Å². The minimum Gasteiger partial charge on any atom is -0.482 e. The number of aryl methyl sites for hydroxylation is 1. The fraction of sp³-hybridized carbons (Fsp3) is 0.158. The Balaban J connectivity index is 2.08. The lowest BCUT2D eigenvalue weighted by atomic mass is 10.1. The number of rotatable bonds is 6. The van der Waals surface area contributed by atoms with E-state index in [2.05, 4.69) is 0 Å². The molecule has 0 aliphatic carbocycles. The first-order chi connectivity index (χ1) is 12.2. The lowest BCUT2D eigenvalue weighted by Gasteiger charge is -2.07. The third-order valence-electron chi connectivity index (χ3n) is 3.47. The first-order valence-electron chi connectivity index (χ1n) is 7.52. The topological polar surface area (TPSA) is 63.6 Å². The van der Waals surface area contributed by atoms with Crippen molar-refractivity contribution in [2.24, 2.45) is 0 Å². The fourth-order valence-corrected chi connectivity index (χ4v) is 2.17. The molecule has 0 atom stereocenters. The third kappa shape index (κ3) is 5.20. The Morgan fingerprint density at radius 2 is 1.77 bits per heavy atom. The summed E-state index contributed by atoms with van der Waals surface area (Å²) < 4.78 is 42.7. The molecule has 0 spiro atoms. The van der Waals surface area contributed by atoms with E-state index in [-0.39, 0.29) is 5.56 Å². The second kappa shape index (κ2) is 7.86. The lowest BCUT2D eigenvalue weighted by molar-refractivity contribution is -0.139. The zero-order valence-electron chi connectivity index (χ0n) is 13.7. The SMILES string of the molecule is Cc1cc(/C=C/C(=O)c2ccc(C(F)(F)F)cc2)ccc1OCC(=O)O. The van der Waals surface area contributed by atoms with Gasteiger partial charge in [-0.25, -0.2) is 4.79 Å². The number of ether oxygens (including phenoxy) is 1. The van der Waals surface area contributed by atoms with Crippen molar-refractivity contribution in [1.29, 1.82) is 0 Å². The third-order valence-corrected chi connectivity index (χ3v) is 3.47. The molecular formula is C19H15F3O4.